The first-order chi connectivity index (χ1) is 10.0. The Labute approximate surface area is 124 Å². The van der Waals surface area contributed by atoms with E-state index < -0.39 is 5.54 Å². The summed E-state index contributed by atoms with van der Waals surface area (Å²) in [6.07, 6.45) is 2.93. The number of likely N-dealkylation sites (tertiary alicyclic amines) is 1. The molecule has 2 amide bonds. The summed E-state index contributed by atoms with van der Waals surface area (Å²) in [5.41, 5.74) is -0.741. The van der Waals surface area contributed by atoms with Gasteiger partial charge in [0.2, 0.25) is 17.7 Å². The van der Waals surface area contributed by atoms with Crippen LogP contribution in [0.3, 0.4) is 0 Å². The summed E-state index contributed by atoms with van der Waals surface area (Å²) in [5.74, 6) is 0.962. The molecule has 0 aliphatic carbocycles. The van der Waals surface area contributed by atoms with Crippen molar-refractivity contribution in [2.75, 3.05) is 13.6 Å². The van der Waals surface area contributed by atoms with E-state index in [-0.39, 0.29) is 18.2 Å². The van der Waals surface area contributed by atoms with E-state index >= 15 is 0 Å². The van der Waals surface area contributed by atoms with Gasteiger partial charge in [-0.2, -0.15) is 4.98 Å². The first-order valence-corrected chi connectivity index (χ1v) is 7.35. The minimum atomic E-state index is -0.741. The molecule has 0 unspecified atom stereocenters. The van der Waals surface area contributed by atoms with Gasteiger partial charge < -0.3 is 14.7 Å². The normalized spacial score (nSPS) is 21.6. The Hall–Kier alpha value is -1.92. The zero-order chi connectivity index (χ0) is 15.5. The van der Waals surface area contributed by atoms with E-state index in [0.717, 1.165) is 6.42 Å². The lowest BCUT2D eigenvalue weighted by atomic mass is 9.97. The molecule has 1 aromatic rings. The first-order valence-electron chi connectivity index (χ1n) is 7.35. The van der Waals surface area contributed by atoms with Gasteiger partial charge in [-0.05, 0) is 19.8 Å². The number of hydrogen-bond acceptors (Lipinski definition) is 5. The van der Waals surface area contributed by atoms with Crippen molar-refractivity contribution in [1.29, 1.82) is 0 Å². The number of aryl methyl sites for hydroxylation is 2. The zero-order valence-electron chi connectivity index (χ0n) is 12.8. The molecule has 0 aromatic carbocycles. The summed E-state index contributed by atoms with van der Waals surface area (Å²) in [5, 5.41) is 6.45. The fourth-order valence-electron chi connectivity index (χ4n) is 2.75. The van der Waals surface area contributed by atoms with Crippen LogP contribution < -0.4 is 5.32 Å². The van der Waals surface area contributed by atoms with Crippen molar-refractivity contribution in [3.05, 3.63) is 11.7 Å². The smallest absolute Gasteiger partial charge is 0.245 e. The average molecular weight is 294 g/mol. The second-order valence-electron chi connectivity index (χ2n) is 5.46. The molecule has 116 valence electrons. The largest absolute Gasteiger partial charge is 0.357 e. The molecule has 7 nitrogen and oxygen atoms in total. The highest BCUT2D eigenvalue weighted by molar-refractivity contribution is 5.91. The van der Waals surface area contributed by atoms with Gasteiger partial charge in [0.1, 0.15) is 5.54 Å². The van der Waals surface area contributed by atoms with Crippen LogP contribution in [0.15, 0.2) is 4.52 Å². The van der Waals surface area contributed by atoms with Crippen molar-refractivity contribution in [2.45, 2.75) is 51.5 Å². The number of carbonyl (C=O) groups excluding carboxylic acids is 2. The van der Waals surface area contributed by atoms with Crippen LogP contribution in [0.2, 0.25) is 0 Å². The molecule has 1 aromatic heterocycles. The van der Waals surface area contributed by atoms with Crippen molar-refractivity contribution >= 4 is 11.8 Å². The molecule has 21 heavy (non-hydrogen) atoms. The molecule has 0 saturated carbocycles. The molecule has 1 N–H and O–H groups in total. The standard InChI is InChI=1S/C14H22N4O3/c1-4-10-16-11(21-17-10)6-7-12(19)18-9-5-8-14(18,2)13(20)15-3/h4-9H2,1-3H3,(H,15,20)/t14-/m1/s1. The Morgan fingerprint density at radius 1 is 1.48 bits per heavy atom. The lowest BCUT2D eigenvalue weighted by Gasteiger charge is -2.33. The summed E-state index contributed by atoms with van der Waals surface area (Å²) in [7, 11) is 1.60. The molecule has 1 saturated heterocycles. The molecule has 2 rings (SSSR count). The van der Waals surface area contributed by atoms with Crippen LogP contribution in [0.1, 0.15) is 44.8 Å². The third-order valence-corrected chi connectivity index (χ3v) is 4.04. The van der Waals surface area contributed by atoms with Crippen LogP contribution in [0.5, 0.6) is 0 Å². The number of hydrogen-bond donors (Lipinski definition) is 1. The van der Waals surface area contributed by atoms with Crippen molar-refractivity contribution < 1.29 is 14.1 Å². The van der Waals surface area contributed by atoms with Crippen LogP contribution >= 0.6 is 0 Å². The minimum Gasteiger partial charge on any atom is -0.357 e. The molecule has 1 aliphatic heterocycles. The SMILES string of the molecule is CCc1noc(CCC(=O)N2CCC[C@]2(C)C(=O)NC)n1. The van der Waals surface area contributed by atoms with Crippen LogP contribution in [0.25, 0.3) is 0 Å². The number of rotatable bonds is 5. The molecule has 7 heteroatoms. The molecule has 1 atom stereocenters. The molecule has 0 radical (unpaired) electrons. The third-order valence-electron chi connectivity index (χ3n) is 4.04. The van der Waals surface area contributed by atoms with E-state index in [4.69, 9.17) is 4.52 Å². The highest BCUT2D eigenvalue weighted by atomic mass is 16.5. The van der Waals surface area contributed by atoms with Crippen LogP contribution in [0, 0.1) is 0 Å². The number of carbonyl (C=O) groups is 2. The van der Waals surface area contributed by atoms with Gasteiger partial charge >= 0.3 is 0 Å². The van der Waals surface area contributed by atoms with E-state index in [2.05, 4.69) is 15.5 Å². The minimum absolute atomic E-state index is 0.0464. The Balaban J connectivity index is 1.97. The Morgan fingerprint density at radius 2 is 2.24 bits per heavy atom. The Morgan fingerprint density at radius 3 is 2.86 bits per heavy atom. The van der Waals surface area contributed by atoms with Gasteiger partial charge in [0.25, 0.3) is 0 Å². The van der Waals surface area contributed by atoms with Crippen molar-refractivity contribution in [3.8, 4) is 0 Å². The summed E-state index contributed by atoms with van der Waals surface area (Å²) < 4.78 is 5.08. The summed E-state index contributed by atoms with van der Waals surface area (Å²) in [6, 6.07) is 0. The first kappa shape index (κ1) is 15.5. The second-order valence-corrected chi connectivity index (χ2v) is 5.46. The number of amides is 2. The van der Waals surface area contributed by atoms with Crippen molar-refractivity contribution in [2.24, 2.45) is 0 Å². The van der Waals surface area contributed by atoms with E-state index in [1.807, 2.05) is 13.8 Å². The highest BCUT2D eigenvalue weighted by Gasteiger charge is 2.44. The van der Waals surface area contributed by atoms with Crippen LogP contribution in [-0.4, -0.2) is 46.0 Å². The Bertz CT molecular complexity index is 528. The molecule has 1 fully saturated rings. The van der Waals surface area contributed by atoms with E-state index in [9.17, 15) is 9.59 Å². The number of nitrogens with one attached hydrogen (secondary N) is 1. The summed E-state index contributed by atoms with van der Waals surface area (Å²) in [4.78, 5) is 30.3. The zero-order valence-corrected chi connectivity index (χ0v) is 12.8. The van der Waals surface area contributed by atoms with Gasteiger partial charge in [0.05, 0.1) is 0 Å². The van der Waals surface area contributed by atoms with Gasteiger partial charge in [-0.25, -0.2) is 0 Å². The maximum Gasteiger partial charge on any atom is 0.245 e. The third kappa shape index (κ3) is 3.06. The molecular weight excluding hydrogens is 272 g/mol. The lowest BCUT2D eigenvalue weighted by Crippen LogP contribution is -2.54. The summed E-state index contributed by atoms with van der Waals surface area (Å²) in [6.45, 7) is 4.38. The Kier molecular flexibility index (Phi) is 4.59. The number of nitrogens with zero attached hydrogens (tertiary/aromatic N) is 3. The predicted molar refractivity (Wildman–Crippen MR) is 75.4 cm³/mol. The molecule has 0 spiro atoms. The van der Waals surface area contributed by atoms with Gasteiger partial charge in [-0.1, -0.05) is 12.1 Å². The maximum absolute atomic E-state index is 12.4. The fourth-order valence-corrected chi connectivity index (χ4v) is 2.75. The van der Waals surface area contributed by atoms with Gasteiger partial charge in [0.15, 0.2) is 5.82 Å². The topological polar surface area (TPSA) is 88.3 Å². The molecular formula is C14H22N4O3. The van der Waals surface area contributed by atoms with E-state index in [1.165, 1.54) is 0 Å². The lowest BCUT2D eigenvalue weighted by molar-refractivity contribution is -0.143. The van der Waals surface area contributed by atoms with Gasteiger partial charge in [-0.3, -0.25) is 9.59 Å². The number of aromatic nitrogens is 2. The summed E-state index contributed by atoms with van der Waals surface area (Å²) >= 11 is 0. The van der Waals surface area contributed by atoms with Crippen LogP contribution in [-0.2, 0) is 22.4 Å². The van der Waals surface area contributed by atoms with E-state index in [0.29, 0.717) is 37.5 Å². The predicted octanol–water partition coefficient (Wildman–Crippen LogP) is 0.692. The molecule has 2 heterocycles. The van der Waals surface area contributed by atoms with Crippen molar-refractivity contribution in [3.63, 3.8) is 0 Å². The maximum atomic E-state index is 12.4. The fraction of sp³-hybridized carbons (Fsp3) is 0.714. The van der Waals surface area contributed by atoms with Crippen molar-refractivity contribution in [1.82, 2.24) is 20.4 Å². The van der Waals surface area contributed by atoms with Gasteiger partial charge in [-0.15, -0.1) is 0 Å². The average Bonchev–Trinajstić information content (AvgIpc) is 3.11. The molecule has 0 bridgehead atoms. The number of likely N-dealkylation sites (N-methyl/N-ethyl adjacent to an activating group) is 1. The van der Waals surface area contributed by atoms with Crippen LogP contribution in [0.4, 0.5) is 0 Å². The quantitative estimate of drug-likeness (QED) is 0.863. The monoisotopic (exact) mass is 294 g/mol. The second kappa shape index (κ2) is 6.24. The highest BCUT2D eigenvalue weighted by Crippen LogP contribution is 2.30. The van der Waals surface area contributed by atoms with Gasteiger partial charge in [0, 0.05) is 32.9 Å². The van der Waals surface area contributed by atoms with E-state index in [1.54, 1.807) is 11.9 Å². The molecule has 1 aliphatic rings.